The van der Waals surface area contributed by atoms with Gasteiger partial charge in [-0.1, -0.05) is 0 Å². The van der Waals surface area contributed by atoms with Crippen molar-refractivity contribution in [1.82, 2.24) is 15.1 Å². The summed E-state index contributed by atoms with van der Waals surface area (Å²) in [6.45, 7) is 1.84. The Kier molecular flexibility index (Phi) is 5.86. The monoisotopic (exact) mass is 337 g/mol. The molecule has 1 aliphatic carbocycles. The largest absolute Gasteiger partial charge is 0.390 e. The molecular weight excluding hydrogens is 310 g/mol. The molecule has 1 amide bonds. The number of nitrogens with zero attached hydrogens (tertiary/aromatic N) is 2. The molecule has 0 radical (unpaired) electrons. The van der Waals surface area contributed by atoms with Crippen molar-refractivity contribution in [2.24, 2.45) is 5.92 Å². The molecule has 3 atom stereocenters. The normalized spacial score (nSPS) is 26.8. The predicted molar refractivity (Wildman–Crippen MR) is 87.6 cm³/mol. The third-order valence-corrected chi connectivity index (χ3v) is 5.04. The maximum Gasteiger partial charge on any atom is 0.221 e. The number of carbonyl (C=O) groups excluding carboxylic acids is 1. The number of amides is 1. The van der Waals surface area contributed by atoms with Crippen molar-refractivity contribution >= 4 is 5.91 Å². The number of fused-ring (bicyclic) bond motifs is 1. The summed E-state index contributed by atoms with van der Waals surface area (Å²) in [5.41, 5.74) is 2.61. The summed E-state index contributed by atoms with van der Waals surface area (Å²) in [6.07, 6.45) is 5.98. The van der Waals surface area contributed by atoms with Gasteiger partial charge in [0.2, 0.25) is 5.91 Å². The number of aliphatic hydroxyl groups is 1. The second-order valence-electron chi connectivity index (χ2n) is 6.66. The topological polar surface area (TPSA) is 85.6 Å². The van der Waals surface area contributed by atoms with Gasteiger partial charge in [0.15, 0.2) is 0 Å². The van der Waals surface area contributed by atoms with Crippen molar-refractivity contribution in [3.63, 3.8) is 0 Å². The maximum atomic E-state index is 12.1. The quantitative estimate of drug-likeness (QED) is 0.779. The number of aliphatic hydroxyl groups excluding tert-OH is 1. The van der Waals surface area contributed by atoms with E-state index in [9.17, 15) is 9.90 Å². The molecule has 7 nitrogen and oxygen atoms in total. The molecule has 0 aromatic carbocycles. The smallest absolute Gasteiger partial charge is 0.221 e. The van der Waals surface area contributed by atoms with E-state index in [1.54, 1.807) is 7.11 Å². The zero-order valence-corrected chi connectivity index (χ0v) is 14.2. The Balaban J connectivity index is 1.44. The Labute approximate surface area is 142 Å². The van der Waals surface area contributed by atoms with Crippen LogP contribution >= 0.6 is 0 Å². The third kappa shape index (κ3) is 3.96. The van der Waals surface area contributed by atoms with Gasteiger partial charge in [-0.15, -0.1) is 0 Å². The standard InChI is InChI=1S/C17H27N3O4/c1-23-15-11-24-10-13(17(15)22)8-18-16(21)6-7-20-14-5-3-2-4-12(14)9-19-20/h9,13,15,17,22H,2-8,10-11H2,1H3,(H,18,21)/t13-,15-,17+/m1/s1. The highest BCUT2D eigenvalue weighted by Gasteiger charge is 2.32. The van der Waals surface area contributed by atoms with Crippen LogP contribution in [0.4, 0.5) is 0 Å². The lowest BCUT2D eigenvalue weighted by molar-refractivity contribution is -0.136. The molecule has 2 heterocycles. The molecular formula is C17H27N3O4. The fourth-order valence-electron chi connectivity index (χ4n) is 3.51. The minimum Gasteiger partial charge on any atom is -0.390 e. The molecule has 0 saturated carbocycles. The summed E-state index contributed by atoms with van der Waals surface area (Å²) in [7, 11) is 1.56. The fraction of sp³-hybridized carbons (Fsp3) is 0.765. The number of aromatic nitrogens is 2. The molecule has 7 heteroatoms. The number of hydrogen-bond acceptors (Lipinski definition) is 5. The van der Waals surface area contributed by atoms with E-state index in [0.29, 0.717) is 32.7 Å². The lowest BCUT2D eigenvalue weighted by Gasteiger charge is -2.33. The van der Waals surface area contributed by atoms with Gasteiger partial charge < -0.3 is 19.9 Å². The molecule has 24 heavy (non-hydrogen) atoms. The minimum atomic E-state index is -0.609. The van der Waals surface area contributed by atoms with Crippen molar-refractivity contribution in [2.45, 2.75) is 50.9 Å². The Morgan fingerprint density at radius 2 is 2.29 bits per heavy atom. The van der Waals surface area contributed by atoms with E-state index in [4.69, 9.17) is 9.47 Å². The van der Waals surface area contributed by atoms with Crippen LogP contribution in [-0.4, -0.2) is 59.9 Å². The Bertz CT molecular complexity index is 560. The van der Waals surface area contributed by atoms with Crippen LogP contribution < -0.4 is 5.32 Å². The second-order valence-corrected chi connectivity index (χ2v) is 6.66. The summed E-state index contributed by atoms with van der Waals surface area (Å²) < 4.78 is 12.6. The summed E-state index contributed by atoms with van der Waals surface area (Å²) in [5, 5.41) is 17.5. The van der Waals surface area contributed by atoms with Crippen LogP contribution in [0.5, 0.6) is 0 Å². The summed E-state index contributed by atoms with van der Waals surface area (Å²) in [5.74, 6) is -0.160. The highest BCUT2D eigenvalue weighted by Crippen LogP contribution is 2.21. The molecule has 0 unspecified atom stereocenters. The molecule has 0 bridgehead atoms. The number of nitrogens with one attached hydrogen (secondary N) is 1. The molecule has 0 spiro atoms. The second kappa shape index (κ2) is 8.09. The summed E-state index contributed by atoms with van der Waals surface area (Å²) >= 11 is 0. The maximum absolute atomic E-state index is 12.1. The van der Waals surface area contributed by atoms with Crippen LogP contribution in [-0.2, 0) is 33.7 Å². The SMILES string of the molecule is CO[C@@H]1COC[C@@H](CNC(=O)CCn2ncc3c2CCCC3)[C@@H]1O. The Hall–Kier alpha value is -1.44. The number of ether oxygens (including phenoxy) is 2. The van der Waals surface area contributed by atoms with Gasteiger partial charge in [0, 0.05) is 38.2 Å². The Morgan fingerprint density at radius 1 is 1.46 bits per heavy atom. The van der Waals surface area contributed by atoms with Crippen LogP contribution in [0.3, 0.4) is 0 Å². The molecule has 1 aliphatic heterocycles. The average molecular weight is 337 g/mol. The van der Waals surface area contributed by atoms with Gasteiger partial charge >= 0.3 is 0 Å². The highest BCUT2D eigenvalue weighted by atomic mass is 16.5. The summed E-state index contributed by atoms with van der Waals surface area (Å²) in [6, 6.07) is 0. The van der Waals surface area contributed by atoms with E-state index < -0.39 is 6.10 Å². The summed E-state index contributed by atoms with van der Waals surface area (Å²) in [4.78, 5) is 12.1. The number of hydrogen-bond donors (Lipinski definition) is 2. The molecule has 1 fully saturated rings. The van der Waals surface area contributed by atoms with E-state index in [2.05, 4.69) is 10.4 Å². The molecule has 1 aromatic rings. The minimum absolute atomic E-state index is 0.0261. The first-order valence-electron chi connectivity index (χ1n) is 8.78. The first-order chi connectivity index (χ1) is 11.7. The van der Waals surface area contributed by atoms with E-state index in [1.165, 1.54) is 24.1 Å². The van der Waals surface area contributed by atoms with Crippen LogP contribution in [0.25, 0.3) is 0 Å². The number of carbonyl (C=O) groups is 1. The third-order valence-electron chi connectivity index (χ3n) is 5.04. The van der Waals surface area contributed by atoms with Gasteiger partial charge in [-0.2, -0.15) is 5.10 Å². The predicted octanol–water partition coefficient (Wildman–Crippen LogP) is 0.291. The number of aryl methyl sites for hydroxylation is 2. The Morgan fingerprint density at radius 3 is 3.12 bits per heavy atom. The highest BCUT2D eigenvalue weighted by molar-refractivity contribution is 5.75. The van der Waals surface area contributed by atoms with Crippen molar-refractivity contribution < 1.29 is 19.4 Å². The lowest BCUT2D eigenvalue weighted by Crippen LogP contribution is -2.49. The molecule has 3 rings (SSSR count). The number of rotatable bonds is 6. The van der Waals surface area contributed by atoms with Gasteiger partial charge in [0.05, 0.1) is 25.5 Å². The molecule has 2 aliphatic rings. The lowest BCUT2D eigenvalue weighted by atomic mass is 9.96. The van der Waals surface area contributed by atoms with Crippen molar-refractivity contribution in [3.8, 4) is 0 Å². The average Bonchev–Trinajstić information content (AvgIpc) is 3.02. The first-order valence-corrected chi connectivity index (χ1v) is 8.78. The molecule has 134 valence electrons. The van der Waals surface area contributed by atoms with Crippen molar-refractivity contribution in [3.05, 3.63) is 17.5 Å². The zero-order valence-electron chi connectivity index (χ0n) is 14.2. The van der Waals surface area contributed by atoms with Crippen LogP contribution in [0.15, 0.2) is 6.20 Å². The first kappa shape index (κ1) is 17.4. The number of methoxy groups -OCH3 is 1. The van der Waals surface area contributed by atoms with Crippen LogP contribution in [0.2, 0.25) is 0 Å². The van der Waals surface area contributed by atoms with Crippen molar-refractivity contribution in [2.75, 3.05) is 26.9 Å². The van der Waals surface area contributed by atoms with Gasteiger partial charge in [0.25, 0.3) is 0 Å². The van der Waals surface area contributed by atoms with E-state index in [1.807, 2.05) is 10.9 Å². The van der Waals surface area contributed by atoms with Gasteiger partial charge in [0.1, 0.15) is 6.10 Å². The molecule has 1 aromatic heterocycles. The van der Waals surface area contributed by atoms with Gasteiger partial charge in [-0.05, 0) is 31.2 Å². The molecule has 1 saturated heterocycles. The van der Waals surface area contributed by atoms with E-state index in [-0.39, 0.29) is 17.9 Å². The van der Waals surface area contributed by atoms with Crippen LogP contribution in [0.1, 0.15) is 30.5 Å². The van der Waals surface area contributed by atoms with Crippen LogP contribution in [0, 0.1) is 5.92 Å². The van der Waals surface area contributed by atoms with Crippen molar-refractivity contribution in [1.29, 1.82) is 0 Å². The molecule has 2 N–H and O–H groups in total. The zero-order chi connectivity index (χ0) is 16.9. The van der Waals surface area contributed by atoms with E-state index >= 15 is 0 Å². The van der Waals surface area contributed by atoms with E-state index in [0.717, 1.165) is 12.8 Å². The fourth-order valence-corrected chi connectivity index (χ4v) is 3.51. The van der Waals surface area contributed by atoms with Gasteiger partial charge in [-0.25, -0.2) is 0 Å². The van der Waals surface area contributed by atoms with Gasteiger partial charge in [-0.3, -0.25) is 9.48 Å².